The van der Waals surface area contributed by atoms with Gasteiger partial charge in [-0.2, -0.15) is 0 Å². The van der Waals surface area contributed by atoms with Gasteiger partial charge in [-0.15, -0.1) is 0 Å². The first-order valence-corrected chi connectivity index (χ1v) is 10.7. The maximum Gasteiger partial charge on any atom is 0.225 e. The molecule has 132 valence electrons. The summed E-state index contributed by atoms with van der Waals surface area (Å²) < 4.78 is 27.9. The van der Waals surface area contributed by atoms with Crippen molar-refractivity contribution in [1.82, 2.24) is 9.21 Å². The Hall–Kier alpha value is -0.760. The van der Waals surface area contributed by atoms with Crippen LogP contribution in [-0.2, 0) is 16.0 Å². The van der Waals surface area contributed by atoms with Crippen LogP contribution in [0.5, 0.6) is 0 Å². The van der Waals surface area contributed by atoms with E-state index in [4.69, 9.17) is 0 Å². The maximum absolute atomic E-state index is 13.0. The van der Waals surface area contributed by atoms with E-state index >= 15 is 0 Å². The lowest BCUT2D eigenvalue weighted by Crippen LogP contribution is -2.40. The molecule has 2 saturated heterocycles. The van der Waals surface area contributed by atoms with Crippen molar-refractivity contribution in [2.75, 3.05) is 32.4 Å². The molecule has 0 N–H and O–H groups in total. The van der Waals surface area contributed by atoms with E-state index in [1.807, 2.05) is 4.90 Å². The van der Waals surface area contributed by atoms with Crippen LogP contribution < -0.4 is 0 Å². The fourth-order valence-electron chi connectivity index (χ4n) is 3.41. The molecule has 0 aliphatic carbocycles. The molecule has 0 saturated carbocycles. The van der Waals surface area contributed by atoms with Gasteiger partial charge in [0.1, 0.15) is 11.1 Å². The average molecular weight is 371 g/mol. The standard InChI is InChI=1S/C17H23FN2O2S2/c1-23-20-10-6-13(7-11-20)17(21)19-9-8-16(12-19)24(22)15-4-2-14(18)3-5-15/h2-5,13,16H,6-12H2,1H3. The quantitative estimate of drug-likeness (QED) is 0.604. The van der Waals surface area contributed by atoms with Crippen molar-refractivity contribution in [1.29, 1.82) is 0 Å². The minimum Gasteiger partial charge on any atom is -0.611 e. The summed E-state index contributed by atoms with van der Waals surface area (Å²) in [4.78, 5) is 15.2. The molecule has 3 rings (SSSR count). The van der Waals surface area contributed by atoms with Crippen LogP contribution in [0.1, 0.15) is 19.3 Å². The molecular weight excluding hydrogens is 347 g/mol. The van der Waals surface area contributed by atoms with Gasteiger partial charge in [-0.05, 0) is 54.5 Å². The van der Waals surface area contributed by atoms with Crippen LogP contribution in [0.25, 0.3) is 0 Å². The van der Waals surface area contributed by atoms with Crippen LogP contribution in [0.4, 0.5) is 4.39 Å². The number of likely N-dealkylation sites (tertiary alicyclic amines) is 1. The van der Waals surface area contributed by atoms with Crippen molar-refractivity contribution >= 4 is 29.0 Å². The van der Waals surface area contributed by atoms with Gasteiger partial charge in [0.25, 0.3) is 0 Å². The molecule has 1 aromatic rings. The van der Waals surface area contributed by atoms with E-state index in [2.05, 4.69) is 10.6 Å². The minimum absolute atomic E-state index is 0.0503. The highest BCUT2D eigenvalue weighted by Gasteiger charge is 2.38. The van der Waals surface area contributed by atoms with Crippen molar-refractivity contribution in [2.24, 2.45) is 5.92 Å². The summed E-state index contributed by atoms with van der Waals surface area (Å²) in [6.45, 7) is 3.14. The maximum atomic E-state index is 13.0. The predicted octanol–water partition coefficient (Wildman–Crippen LogP) is 2.52. The number of amides is 1. The molecule has 2 aliphatic heterocycles. The largest absolute Gasteiger partial charge is 0.611 e. The first-order valence-electron chi connectivity index (χ1n) is 8.32. The van der Waals surface area contributed by atoms with Gasteiger partial charge in [0.15, 0.2) is 4.90 Å². The summed E-state index contributed by atoms with van der Waals surface area (Å²) in [5, 5.41) is -0.0503. The van der Waals surface area contributed by atoms with E-state index in [0.29, 0.717) is 18.0 Å². The average Bonchev–Trinajstić information content (AvgIpc) is 3.11. The van der Waals surface area contributed by atoms with Crippen molar-refractivity contribution in [3.05, 3.63) is 30.1 Å². The van der Waals surface area contributed by atoms with Gasteiger partial charge in [-0.3, -0.25) is 9.10 Å². The first-order chi connectivity index (χ1) is 11.6. The number of carbonyl (C=O) groups is 1. The lowest BCUT2D eigenvalue weighted by atomic mass is 9.97. The summed E-state index contributed by atoms with van der Waals surface area (Å²) in [5.41, 5.74) is 0. The molecule has 1 amide bonds. The van der Waals surface area contributed by atoms with Gasteiger partial charge in [0, 0.05) is 32.0 Å². The summed E-state index contributed by atoms with van der Waals surface area (Å²) >= 11 is 0.548. The lowest BCUT2D eigenvalue weighted by Gasteiger charge is -2.31. The topological polar surface area (TPSA) is 46.6 Å². The number of halogens is 1. The van der Waals surface area contributed by atoms with E-state index in [-0.39, 0.29) is 22.9 Å². The Morgan fingerprint density at radius 1 is 1.21 bits per heavy atom. The molecule has 2 heterocycles. The minimum atomic E-state index is -1.19. The van der Waals surface area contributed by atoms with Gasteiger partial charge in [0.05, 0.1) is 6.54 Å². The summed E-state index contributed by atoms with van der Waals surface area (Å²) in [6, 6.07) is 5.83. The third kappa shape index (κ3) is 4.07. The lowest BCUT2D eigenvalue weighted by molar-refractivity contribution is -0.135. The zero-order chi connectivity index (χ0) is 17.1. The monoisotopic (exact) mass is 370 g/mol. The molecule has 0 radical (unpaired) electrons. The van der Waals surface area contributed by atoms with Gasteiger partial charge in [-0.1, -0.05) is 11.9 Å². The van der Waals surface area contributed by atoms with Crippen LogP contribution in [0.15, 0.2) is 29.2 Å². The fourth-order valence-corrected chi connectivity index (χ4v) is 5.41. The van der Waals surface area contributed by atoms with E-state index in [9.17, 15) is 13.7 Å². The number of hydrogen-bond acceptors (Lipinski definition) is 4. The normalized spacial score (nSPS) is 24.3. The number of benzene rings is 1. The Morgan fingerprint density at radius 2 is 1.88 bits per heavy atom. The molecule has 7 heteroatoms. The molecule has 2 aliphatic rings. The summed E-state index contributed by atoms with van der Waals surface area (Å²) in [5.74, 6) is -0.00340. The van der Waals surface area contributed by atoms with E-state index in [0.717, 1.165) is 32.4 Å². The van der Waals surface area contributed by atoms with Crippen molar-refractivity contribution in [3.63, 3.8) is 0 Å². The van der Waals surface area contributed by atoms with Crippen molar-refractivity contribution in [2.45, 2.75) is 29.4 Å². The van der Waals surface area contributed by atoms with Crippen LogP contribution >= 0.6 is 11.9 Å². The van der Waals surface area contributed by atoms with E-state index in [1.54, 1.807) is 24.1 Å². The highest BCUT2D eigenvalue weighted by Crippen LogP contribution is 2.28. The molecule has 0 aromatic heterocycles. The smallest absolute Gasteiger partial charge is 0.225 e. The van der Waals surface area contributed by atoms with Gasteiger partial charge < -0.3 is 9.45 Å². The van der Waals surface area contributed by atoms with E-state index in [1.165, 1.54) is 12.1 Å². The Bertz CT molecular complexity index is 564. The van der Waals surface area contributed by atoms with E-state index < -0.39 is 11.2 Å². The zero-order valence-electron chi connectivity index (χ0n) is 13.8. The molecule has 2 unspecified atom stereocenters. The number of piperidine rings is 1. The zero-order valence-corrected chi connectivity index (χ0v) is 15.5. The van der Waals surface area contributed by atoms with Gasteiger partial charge >= 0.3 is 0 Å². The van der Waals surface area contributed by atoms with Crippen LogP contribution in [0.3, 0.4) is 0 Å². The number of rotatable bonds is 4. The predicted molar refractivity (Wildman–Crippen MR) is 95.6 cm³/mol. The molecule has 2 atom stereocenters. The second kappa shape index (κ2) is 8.08. The fraction of sp³-hybridized carbons (Fsp3) is 0.588. The Balaban J connectivity index is 1.55. The second-order valence-electron chi connectivity index (χ2n) is 6.33. The molecule has 1 aromatic carbocycles. The van der Waals surface area contributed by atoms with Crippen LogP contribution in [0, 0.1) is 11.7 Å². The summed E-state index contributed by atoms with van der Waals surface area (Å²) in [7, 11) is 0. The third-order valence-corrected chi connectivity index (χ3v) is 7.48. The van der Waals surface area contributed by atoms with Gasteiger partial charge in [-0.25, -0.2) is 4.39 Å². The number of carbonyl (C=O) groups excluding carboxylic acids is 1. The Kier molecular flexibility index (Phi) is 6.07. The number of nitrogens with zero attached hydrogens (tertiary/aromatic N) is 2. The van der Waals surface area contributed by atoms with Crippen molar-refractivity contribution in [3.8, 4) is 0 Å². The first kappa shape index (κ1) is 18.0. The molecule has 0 bridgehead atoms. The molecular formula is C17H23FN2O2S2. The van der Waals surface area contributed by atoms with Crippen LogP contribution in [-0.4, -0.2) is 57.3 Å². The molecule has 24 heavy (non-hydrogen) atoms. The highest BCUT2D eigenvalue weighted by atomic mass is 32.2. The number of hydrogen-bond donors (Lipinski definition) is 0. The van der Waals surface area contributed by atoms with Crippen molar-refractivity contribution < 1.29 is 13.7 Å². The molecule has 0 spiro atoms. The Labute approximate surface area is 150 Å². The highest BCUT2D eigenvalue weighted by molar-refractivity contribution is 7.96. The third-order valence-electron chi connectivity index (χ3n) is 4.87. The second-order valence-corrected chi connectivity index (χ2v) is 8.95. The Morgan fingerprint density at radius 3 is 2.50 bits per heavy atom. The van der Waals surface area contributed by atoms with Gasteiger partial charge in [0.2, 0.25) is 5.91 Å². The summed E-state index contributed by atoms with van der Waals surface area (Å²) in [6.07, 6.45) is 4.63. The molecule has 4 nitrogen and oxygen atoms in total. The van der Waals surface area contributed by atoms with Crippen LogP contribution in [0.2, 0.25) is 0 Å². The SMILES string of the molecule is CSN1CCC(C(=O)N2CCC([S+]([O-])c3ccc(F)cc3)C2)CC1. The molecule has 2 fully saturated rings.